The molecule has 0 saturated carbocycles. The molecule has 0 unspecified atom stereocenters. The van der Waals surface area contributed by atoms with E-state index in [1.807, 2.05) is 20.2 Å². The maximum Gasteiger partial charge on any atom is 0.325 e. The Morgan fingerprint density at radius 2 is 2.22 bits per heavy atom. The summed E-state index contributed by atoms with van der Waals surface area (Å²) in [4.78, 5) is 22.0. The number of aryl methyl sites for hydroxylation is 2. The van der Waals surface area contributed by atoms with Gasteiger partial charge in [0.1, 0.15) is 6.04 Å². The van der Waals surface area contributed by atoms with Crippen LogP contribution in [0.2, 0.25) is 0 Å². The van der Waals surface area contributed by atoms with Gasteiger partial charge < -0.3 is 15.7 Å². The van der Waals surface area contributed by atoms with Gasteiger partial charge in [-0.3, -0.25) is 9.48 Å². The highest BCUT2D eigenvalue weighted by molar-refractivity contribution is 5.82. The smallest absolute Gasteiger partial charge is 0.325 e. The van der Waals surface area contributed by atoms with Gasteiger partial charge in [0.25, 0.3) is 0 Å². The standard InChI is InChI=1S/C11H18N4O3/c1-4-9-8(6-15(3)14-9)5-12-11(18)13-7(2)10(16)17/h6-7H,4-5H2,1-3H3,(H,16,17)(H2,12,13,18)/t7-/m1/s1. The van der Waals surface area contributed by atoms with Crippen LogP contribution < -0.4 is 10.6 Å². The van der Waals surface area contributed by atoms with Crippen LogP contribution in [0.3, 0.4) is 0 Å². The van der Waals surface area contributed by atoms with Crippen LogP contribution in [0.5, 0.6) is 0 Å². The van der Waals surface area contributed by atoms with Gasteiger partial charge in [-0.25, -0.2) is 4.79 Å². The molecule has 1 atom stereocenters. The van der Waals surface area contributed by atoms with Gasteiger partial charge in [0.2, 0.25) is 0 Å². The first-order valence-electron chi connectivity index (χ1n) is 5.72. The second-order valence-electron chi connectivity index (χ2n) is 4.02. The van der Waals surface area contributed by atoms with Crippen molar-refractivity contribution in [2.45, 2.75) is 32.9 Å². The van der Waals surface area contributed by atoms with Crippen molar-refractivity contribution in [1.82, 2.24) is 20.4 Å². The molecule has 1 rings (SSSR count). The lowest BCUT2D eigenvalue weighted by molar-refractivity contribution is -0.138. The minimum absolute atomic E-state index is 0.329. The second-order valence-corrected chi connectivity index (χ2v) is 4.02. The molecule has 18 heavy (non-hydrogen) atoms. The SMILES string of the molecule is CCc1nn(C)cc1CNC(=O)N[C@H](C)C(=O)O. The van der Waals surface area contributed by atoms with E-state index < -0.39 is 18.0 Å². The van der Waals surface area contributed by atoms with E-state index in [0.29, 0.717) is 6.54 Å². The Labute approximate surface area is 105 Å². The zero-order chi connectivity index (χ0) is 13.7. The van der Waals surface area contributed by atoms with Gasteiger partial charge in [-0.1, -0.05) is 6.92 Å². The van der Waals surface area contributed by atoms with E-state index in [-0.39, 0.29) is 0 Å². The van der Waals surface area contributed by atoms with Crippen molar-refractivity contribution in [3.63, 3.8) is 0 Å². The molecule has 100 valence electrons. The summed E-state index contributed by atoms with van der Waals surface area (Å²) in [5, 5.41) is 17.8. The van der Waals surface area contributed by atoms with Crippen molar-refractivity contribution in [2.75, 3.05) is 0 Å². The lowest BCUT2D eigenvalue weighted by Gasteiger charge is -2.10. The lowest BCUT2D eigenvalue weighted by Crippen LogP contribution is -2.44. The maximum absolute atomic E-state index is 11.4. The minimum atomic E-state index is -1.07. The quantitative estimate of drug-likeness (QED) is 0.702. The summed E-state index contributed by atoms with van der Waals surface area (Å²) in [5.74, 6) is -1.07. The van der Waals surface area contributed by atoms with Crippen LogP contribution in [0.4, 0.5) is 4.79 Å². The summed E-state index contributed by atoms with van der Waals surface area (Å²) in [6, 6.07) is -1.42. The van der Waals surface area contributed by atoms with E-state index in [4.69, 9.17) is 5.11 Å². The molecule has 2 amide bonds. The van der Waals surface area contributed by atoms with Gasteiger partial charge in [-0.05, 0) is 13.3 Å². The zero-order valence-electron chi connectivity index (χ0n) is 10.7. The Balaban J connectivity index is 2.49. The van der Waals surface area contributed by atoms with Gasteiger partial charge in [0, 0.05) is 25.4 Å². The number of aromatic nitrogens is 2. The highest BCUT2D eigenvalue weighted by Crippen LogP contribution is 2.06. The van der Waals surface area contributed by atoms with E-state index in [1.165, 1.54) is 6.92 Å². The highest BCUT2D eigenvalue weighted by atomic mass is 16.4. The fourth-order valence-corrected chi connectivity index (χ4v) is 1.51. The number of nitrogens with zero attached hydrogens (tertiary/aromatic N) is 2. The monoisotopic (exact) mass is 254 g/mol. The van der Waals surface area contributed by atoms with Crippen molar-refractivity contribution < 1.29 is 14.7 Å². The van der Waals surface area contributed by atoms with E-state index >= 15 is 0 Å². The van der Waals surface area contributed by atoms with Crippen molar-refractivity contribution in [1.29, 1.82) is 0 Å². The maximum atomic E-state index is 11.4. The summed E-state index contributed by atoms with van der Waals surface area (Å²) in [5.41, 5.74) is 1.85. The first-order chi connectivity index (χ1) is 8.43. The number of rotatable bonds is 5. The normalized spacial score (nSPS) is 11.9. The average molecular weight is 254 g/mol. The molecule has 0 bridgehead atoms. The van der Waals surface area contributed by atoms with Crippen LogP contribution in [0, 0.1) is 0 Å². The van der Waals surface area contributed by atoms with Crippen molar-refractivity contribution >= 4 is 12.0 Å². The number of carboxylic acid groups (broad SMARTS) is 1. The number of nitrogens with one attached hydrogen (secondary N) is 2. The topological polar surface area (TPSA) is 96.3 Å². The summed E-state index contributed by atoms with van der Waals surface area (Å²) >= 11 is 0. The number of carbonyl (C=O) groups is 2. The first kappa shape index (κ1) is 14.0. The van der Waals surface area contributed by atoms with E-state index in [2.05, 4.69) is 15.7 Å². The number of hydrogen-bond acceptors (Lipinski definition) is 3. The molecule has 0 spiro atoms. The van der Waals surface area contributed by atoms with Crippen LogP contribution in [-0.4, -0.2) is 32.9 Å². The number of hydrogen-bond donors (Lipinski definition) is 3. The van der Waals surface area contributed by atoms with Gasteiger partial charge in [0.15, 0.2) is 0 Å². The Kier molecular flexibility index (Phi) is 4.70. The molecule has 0 saturated heterocycles. The third-order valence-electron chi connectivity index (χ3n) is 2.48. The van der Waals surface area contributed by atoms with E-state index in [0.717, 1.165) is 17.7 Å². The van der Waals surface area contributed by atoms with Gasteiger partial charge >= 0.3 is 12.0 Å². The highest BCUT2D eigenvalue weighted by Gasteiger charge is 2.14. The molecular formula is C11H18N4O3. The Morgan fingerprint density at radius 1 is 1.56 bits per heavy atom. The molecule has 7 nitrogen and oxygen atoms in total. The first-order valence-corrected chi connectivity index (χ1v) is 5.72. The van der Waals surface area contributed by atoms with Crippen molar-refractivity contribution in [2.24, 2.45) is 7.05 Å². The Bertz CT molecular complexity index is 441. The molecule has 0 aliphatic rings. The van der Waals surface area contributed by atoms with Gasteiger partial charge in [-0.2, -0.15) is 5.10 Å². The summed E-state index contributed by atoms with van der Waals surface area (Å²) in [7, 11) is 1.81. The molecule has 7 heteroatoms. The molecule has 0 aliphatic heterocycles. The zero-order valence-corrected chi connectivity index (χ0v) is 10.7. The van der Waals surface area contributed by atoms with E-state index in [1.54, 1.807) is 4.68 Å². The molecule has 3 N–H and O–H groups in total. The van der Waals surface area contributed by atoms with Crippen LogP contribution in [0.1, 0.15) is 25.1 Å². The summed E-state index contributed by atoms with van der Waals surface area (Å²) < 4.78 is 1.69. The number of carboxylic acids is 1. The third kappa shape index (κ3) is 3.76. The molecule has 0 fully saturated rings. The Hall–Kier alpha value is -2.05. The lowest BCUT2D eigenvalue weighted by atomic mass is 10.2. The number of amides is 2. The summed E-state index contributed by atoms with van der Waals surface area (Å²) in [6.45, 7) is 3.72. The van der Waals surface area contributed by atoms with Crippen LogP contribution in [0.15, 0.2) is 6.20 Å². The predicted molar refractivity (Wildman–Crippen MR) is 65.1 cm³/mol. The average Bonchev–Trinajstić information content (AvgIpc) is 2.66. The predicted octanol–water partition coefficient (Wildman–Crippen LogP) is 0.255. The molecule has 0 radical (unpaired) electrons. The van der Waals surface area contributed by atoms with E-state index in [9.17, 15) is 9.59 Å². The molecule has 1 aromatic rings. The van der Waals surface area contributed by atoms with Crippen molar-refractivity contribution in [3.05, 3.63) is 17.5 Å². The van der Waals surface area contributed by atoms with Gasteiger partial charge in [-0.15, -0.1) is 0 Å². The minimum Gasteiger partial charge on any atom is -0.480 e. The third-order valence-corrected chi connectivity index (χ3v) is 2.48. The second kappa shape index (κ2) is 6.04. The Morgan fingerprint density at radius 3 is 2.78 bits per heavy atom. The van der Waals surface area contributed by atoms with Crippen LogP contribution >= 0.6 is 0 Å². The van der Waals surface area contributed by atoms with Gasteiger partial charge in [0.05, 0.1) is 5.69 Å². The number of carbonyl (C=O) groups excluding carboxylic acids is 1. The van der Waals surface area contributed by atoms with Crippen LogP contribution in [0.25, 0.3) is 0 Å². The number of aliphatic carboxylic acids is 1. The fourth-order valence-electron chi connectivity index (χ4n) is 1.51. The van der Waals surface area contributed by atoms with Crippen molar-refractivity contribution in [3.8, 4) is 0 Å². The molecular weight excluding hydrogens is 236 g/mol. The number of urea groups is 1. The largest absolute Gasteiger partial charge is 0.480 e. The molecule has 1 heterocycles. The summed E-state index contributed by atoms with van der Waals surface area (Å²) in [6.07, 6.45) is 2.62. The van der Waals surface area contributed by atoms with Crippen LogP contribution in [-0.2, 0) is 24.8 Å². The fraction of sp³-hybridized carbons (Fsp3) is 0.545. The molecule has 0 aromatic carbocycles. The molecule has 1 aromatic heterocycles. The molecule has 0 aliphatic carbocycles.